The summed E-state index contributed by atoms with van der Waals surface area (Å²) in [7, 11) is 2.60. The third-order valence-corrected chi connectivity index (χ3v) is 1.59. The summed E-state index contributed by atoms with van der Waals surface area (Å²) < 4.78 is 0. The van der Waals surface area contributed by atoms with E-state index in [4.69, 9.17) is 0 Å². The van der Waals surface area contributed by atoms with Crippen molar-refractivity contribution in [3.8, 4) is 0 Å². The number of nitrogens with zero attached hydrogens (tertiary/aromatic N) is 1. The van der Waals surface area contributed by atoms with E-state index in [1.807, 2.05) is 12.1 Å². The van der Waals surface area contributed by atoms with Gasteiger partial charge in [-0.15, -0.1) is 9.24 Å². The van der Waals surface area contributed by atoms with Crippen LogP contribution >= 0.6 is 9.24 Å². The average molecular weight is 137 g/mol. The van der Waals surface area contributed by atoms with E-state index in [1.165, 1.54) is 0 Å². The molecule has 1 aromatic rings. The molecular weight excluding hydrogens is 129 g/mol. The minimum absolute atomic E-state index is 1.09. The van der Waals surface area contributed by atoms with Crippen molar-refractivity contribution in [2.75, 3.05) is 0 Å². The third-order valence-electron chi connectivity index (χ3n) is 1.11. The molecule has 0 amide bonds. The van der Waals surface area contributed by atoms with Gasteiger partial charge in [-0.25, -0.2) is 0 Å². The van der Waals surface area contributed by atoms with E-state index in [0.29, 0.717) is 0 Å². The minimum atomic E-state index is 1.09. The number of aromatic nitrogens is 1. The second-order valence-corrected chi connectivity index (χ2v) is 2.33. The summed E-state index contributed by atoms with van der Waals surface area (Å²) in [5.74, 6) is 0. The van der Waals surface area contributed by atoms with Gasteiger partial charge in [0.05, 0.1) is 0 Å². The minimum Gasteiger partial charge on any atom is -0.264 e. The van der Waals surface area contributed by atoms with Crippen LogP contribution < -0.4 is 5.30 Å². The highest BCUT2D eigenvalue weighted by molar-refractivity contribution is 7.27. The molecule has 1 nitrogen and oxygen atoms in total. The molecule has 0 aliphatic rings. The smallest absolute Gasteiger partial charge is 0.0345 e. The van der Waals surface area contributed by atoms with Crippen molar-refractivity contribution in [3.63, 3.8) is 0 Å². The molecule has 0 N–H and O–H groups in total. The summed E-state index contributed by atoms with van der Waals surface area (Å²) in [5.41, 5.74) is 1.12. The normalized spacial score (nSPS) is 9.00. The van der Waals surface area contributed by atoms with Crippen LogP contribution in [-0.2, 0) is 0 Å². The van der Waals surface area contributed by atoms with Gasteiger partial charge < -0.3 is 0 Å². The second-order valence-electron chi connectivity index (χ2n) is 1.71. The van der Waals surface area contributed by atoms with E-state index < -0.39 is 0 Å². The van der Waals surface area contributed by atoms with Gasteiger partial charge in [-0.1, -0.05) is 12.7 Å². The molecule has 0 saturated carbocycles. The van der Waals surface area contributed by atoms with Gasteiger partial charge in [-0.3, -0.25) is 4.98 Å². The lowest BCUT2D eigenvalue weighted by molar-refractivity contribution is 1.35. The fourth-order valence-electron chi connectivity index (χ4n) is 0.603. The van der Waals surface area contributed by atoms with Crippen LogP contribution in [0.3, 0.4) is 0 Å². The van der Waals surface area contributed by atoms with Crippen LogP contribution in [0.4, 0.5) is 0 Å². The molecule has 46 valence electrons. The summed E-state index contributed by atoms with van der Waals surface area (Å²) in [6.45, 7) is 3.65. The maximum absolute atomic E-state index is 3.92. The van der Waals surface area contributed by atoms with E-state index in [9.17, 15) is 0 Å². The maximum atomic E-state index is 3.92. The Balaban J connectivity index is 3.15. The quantitative estimate of drug-likeness (QED) is 0.530. The van der Waals surface area contributed by atoms with Crippen LogP contribution in [0.5, 0.6) is 0 Å². The molecule has 0 aromatic carbocycles. The van der Waals surface area contributed by atoms with Crippen LogP contribution in [0.1, 0.15) is 5.56 Å². The summed E-state index contributed by atoms with van der Waals surface area (Å²) >= 11 is 0. The van der Waals surface area contributed by atoms with Crippen molar-refractivity contribution in [3.05, 3.63) is 30.6 Å². The first-order chi connectivity index (χ1) is 4.34. The number of pyridine rings is 1. The fourth-order valence-corrected chi connectivity index (χ4v) is 0.903. The SMILES string of the molecule is C=Cc1ccncc1P. The molecule has 9 heavy (non-hydrogen) atoms. The molecule has 1 atom stereocenters. The van der Waals surface area contributed by atoms with Gasteiger partial charge in [0, 0.05) is 12.4 Å². The van der Waals surface area contributed by atoms with E-state index in [2.05, 4.69) is 20.8 Å². The molecule has 0 aliphatic carbocycles. The predicted octanol–water partition coefficient (Wildman–Crippen LogP) is 1.23. The van der Waals surface area contributed by atoms with Gasteiger partial charge >= 0.3 is 0 Å². The molecule has 0 fully saturated rings. The van der Waals surface area contributed by atoms with Crippen LogP contribution in [0.2, 0.25) is 0 Å². The predicted molar refractivity (Wildman–Crippen MR) is 43.7 cm³/mol. The molecule has 1 unspecified atom stereocenters. The average Bonchev–Trinajstić information content (AvgIpc) is 1.89. The second kappa shape index (κ2) is 2.75. The first kappa shape index (κ1) is 6.44. The van der Waals surface area contributed by atoms with Crippen LogP contribution in [-0.4, -0.2) is 4.98 Å². The van der Waals surface area contributed by atoms with Gasteiger partial charge in [0.25, 0.3) is 0 Å². The van der Waals surface area contributed by atoms with Crippen molar-refractivity contribution in [1.82, 2.24) is 4.98 Å². The number of rotatable bonds is 1. The topological polar surface area (TPSA) is 12.9 Å². The Morgan fingerprint density at radius 2 is 2.44 bits per heavy atom. The number of hydrogen-bond donors (Lipinski definition) is 0. The monoisotopic (exact) mass is 137 g/mol. The standard InChI is InChI=1S/C7H8NP/c1-2-6-3-4-8-5-7(6)9/h2-5H,1,9H2. The number of hydrogen-bond acceptors (Lipinski definition) is 1. The summed E-state index contributed by atoms with van der Waals surface area (Å²) in [6.07, 6.45) is 5.36. The summed E-state index contributed by atoms with van der Waals surface area (Å²) in [4.78, 5) is 3.92. The van der Waals surface area contributed by atoms with E-state index in [-0.39, 0.29) is 0 Å². The maximum Gasteiger partial charge on any atom is 0.0345 e. The highest BCUT2D eigenvalue weighted by Crippen LogP contribution is 1.98. The Morgan fingerprint density at radius 3 is 2.89 bits per heavy atom. The van der Waals surface area contributed by atoms with Crippen molar-refractivity contribution < 1.29 is 0 Å². The van der Waals surface area contributed by atoms with Crippen LogP contribution in [0.25, 0.3) is 6.08 Å². The third kappa shape index (κ3) is 1.36. The molecule has 2 heteroatoms. The molecule has 1 rings (SSSR count). The zero-order valence-electron chi connectivity index (χ0n) is 5.04. The molecule has 0 saturated heterocycles. The lowest BCUT2D eigenvalue weighted by Gasteiger charge is -1.94. The van der Waals surface area contributed by atoms with Gasteiger partial charge in [-0.2, -0.15) is 0 Å². The highest BCUT2D eigenvalue weighted by atomic mass is 31.0. The lowest BCUT2D eigenvalue weighted by Crippen LogP contribution is -1.95. The lowest BCUT2D eigenvalue weighted by atomic mass is 10.3. The Kier molecular flexibility index (Phi) is 1.96. The van der Waals surface area contributed by atoms with Crippen molar-refractivity contribution >= 4 is 20.6 Å². The molecular formula is C7H8NP. The molecule has 0 aliphatic heterocycles. The van der Waals surface area contributed by atoms with Crippen molar-refractivity contribution in [2.45, 2.75) is 0 Å². The molecule has 1 heterocycles. The van der Waals surface area contributed by atoms with E-state index in [1.54, 1.807) is 12.4 Å². The molecule has 1 aromatic heterocycles. The zero-order chi connectivity index (χ0) is 6.69. The molecule has 0 spiro atoms. The first-order valence-corrected chi connectivity index (χ1v) is 3.24. The molecule has 0 radical (unpaired) electrons. The van der Waals surface area contributed by atoms with Gasteiger partial charge in [-0.05, 0) is 16.9 Å². The fraction of sp³-hybridized carbons (Fsp3) is 0. The van der Waals surface area contributed by atoms with Gasteiger partial charge in [0.1, 0.15) is 0 Å². The van der Waals surface area contributed by atoms with Crippen LogP contribution in [0, 0.1) is 0 Å². The highest BCUT2D eigenvalue weighted by Gasteiger charge is 1.88. The largest absolute Gasteiger partial charge is 0.264 e. The Hall–Kier alpha value is -0.680. The van der Waals surface area contributed by atoms with E-state index in [0.717, 1.165) is 10.9 Å². The molecule has 0 bridgehead atoms. The van der Waals surface area contributed by atoms with Crippen molar-refractivity contribution in [2.24, 2.45) is 0 Å². The van der Waals surface area contributed by atoms with E-state index >= 15 is 0 Å². The van der Waals surface area contributed by atoms with Crippen molar-refractivity contribution in [1.29, 1.82) is 0 Å². The Bertz CT molecular complexity index is 220. The Labute approximate surface area is 57.0 Å². The van der Waals surface area contributed by atoms with Gasteiger partial charge in [0.2, 0.25) is 0 Å². The first-order valence-electron chi connectivity index (χ1n) is 2.66. The zero-order valence-corrected chi connectivity index (χ0v) is 6.20. The summed E-state index contributed by atoms with van der Waals surface area (Å²) in [5, 5.41) is 1.09. The Morgan fingerprint density at radius 1 is 1.67 bits per heavy atom. The summed E-state index contributed by atoms with van der Waals surface area (Å²) in [6, 6.07) is 1.93. The van der Waals surface area contributed by atoms with Gasteiger partial charge in [0.15, 0.2) is 0 Å². The van der Waals surface area contributed by atoms with Crippen LogP contribution in [0.15, 0.2) is 25.0 Å².